The largest absolute Gasteiger partial charge is 0.481 e. The van der Waals surface area contributed by atoms with Crippen molar-refractivity contribution in [2.75, 3.05) is 0 Å². The molecule has 0 aliphatic carbocycles. The van der Waals surface area contributed by atoms with Crippen LogP contribution in [-0.4, -0.2) is 15.6 Å². The van der Waals surface area contributed by atoms with Crippen molar-refractivity contribution in [1.82, 2.24) is 4.57 Å². The van der Waals surface area contributed by atoms with E-state index in [-0.39, 0.29) is 0 Å². The lowest BCUT2D eigenvalue weighted by Crippen LogP contribution is -2.07. The van der Waals surface area contributed by atoms with Gasteiger partial charge >= 0.3 is 5.97 Å². The summed E-state index contributed by atoms with van der Waals surface area (Å²) in [5, 5.41) is 10.1. The van der Waals surface area contributed by atoms with E-state index in [9.17, 15) is 4.79 Å². The fourth-order valence-electron chi connectivity index (χ4n) is 1.69. The van der Waals surface area contributed by atoms with Crippen LogP contribution in [0.1, 0.15) is 18.4 Å². The highest BCUT2D eigenvalue weighted by atomic mass is 16.4. The second kappa shape index (κ2) is 3.42. The monoisotopic (exact) mass is 203 g/mol. The standard InChI is InChI=1S/C12H13NO2/c1-8(12(14)15)10-4-3-9-5-6-13(2)11(9)7-10/h3-8H,1-2H3,(H,14,15). The molecule has 2 rings (SSSR count). The zero-order valence-corrected chi connectivity index (χ0v) is 8.77. The van der Waals surface area contributed by atoms with Crippen molar-refractivity contribution < 1.29 is 9.90 Å². The van der Waals surface area contributed by atoms with Crippen LogP contribution in [0, 0.1) is 0 Å². The number of hydrogen-bond acceptors (Lipinski definition) is 1. The Morgan fingerprint density at radius 2 is 2.13 bits per heavy atom. The lowest BCUT2D eigenvalue weighted by atomic mass is 10.0. The van der Waals surface area contributed by atoms with Gasteiger partial charge in [-0.05, 0) is 30.0 Å². The Morgan fingerprint density at radius 3 is 2.80 bits per heavy atom. The Kier molecular flexibility index (Phi) is 2.23. The van der Waals surface area contributed by atoms with Crippen LogP contribution in [-0.2, 0) is 11.8 Å². The lowest BCUT2D eigenvalue weighted by Gasteiger charge is -2.07. The smallest absolute Gasteiger partial charge is 0.310 e. The summed E-state index contributed by atoms with van der Waals surface area (Å²) < 4.78 is 1.99. The molecule has 0 radical (unpaired) electrons. The molecule has 0 spiro atoms. The van der Waals surface area contributed by atoms with Crippen molar-refractivity contribution >= 4 is 16.9 Å². The molecule has 78 valence electrons. The van der Waals surface area contributed by atoms with E-state index in [1.54, 1.807) is 6.92 Å². The Hall–Kier alpha value is -1.77. The second-order valence-corrected chi connectivity index (χ2v) is 3.80. The average molecular weight is 203 g/mol. The van der Waals surface area contributed by atoms with Gasteiger partial charge in [0.15, 0.2) is 0 Å². The molecular weight excluding hydrogens is 190 g/mol. The van der Waals surface area contributed by atoms with Crippen molar-refractivity contribution in [3.63, 3.8) is 0 Å². The molecule has 0 fully saturated rings. The molecule has 0 amide bonds. The zero-order valence-electron chi connectivity index (χ0n) is 8.77. The van der Waals surface area contributed by atoms with Crippen LogP contribution in [0.3, 0.4) is 0 Å². The van der Waals surface area contributed by atoms with Crippen molar-refractivity contribution in [1.29, 1.82) is 0 Å². The van der Waals surface area contributed by atoms with Crippen LogP contribution < -0.4 is 0 Å². The van der Waals surface area contributed by atoms with Gasteiger partial charge in [-0.15, -0.1) is 0 Å². The van der Waals surface area contributed by atoms with Gasteiger partial charge in [0.1, 0.15) is 0 Å². The van der Waals surface area contributed by atoms with Gasteiger partial charge in [0.25, 0.3) is 0 Å². The number of aromatic nitrogens is 1. The molecule has 1 atom stereocenters. The molecule has 3 heteroatoms. The zero-order chi connectivity index (χ0) is 11.0. The number of carbonyl (C=O) groups is 1. The van der Waals surface area contributed by atoms with Gasteiger partial charge in [0, 0.05) is 18.8 Å². The van der Waals surface area contributed by atoms with E-state index >= 15 is 0 Å². The molecule has 0 saturated carbocycles. The van der Waals surface area contributed by atoms with Gasteiger partial charge in [0.2, 0.25) is 0 Å². The summed E-state index contributed by atoms with van der Waals surface area (Å²) in [6.07, 6.45) is 1.97. The van der Waals surface area contributed by atoms with E-state index in [1.165, 1.54) is 0 Å². The highest BCUT2D eigenvalue weighted by molar-refractivity contribution is 5.83. The van der Waals surface area contributed by atoms with E-state index in [0.717, 1.165) is 16.5 Å². The predicted octanol–water partition coefficient (Wildman–Crippen LogP) is 2.37. The highest BCUT2D eigenvalue weighted by Crippen LogP contribution is 2.22. The molecule has 0 aliphatic heterocycles. The number of fused-ring (bicyclic) bond motifs is 1. The number of nitrogens with zero attached hydrogens (tertiary/aromatic N) is 1. The van der Waals surface area contributed by atoms with Gasteiger partial charge in [-0.3, -0.25) is 4.79 Å². The number of carboxylic acids is 1. The lowest BCUT2D eigenvalue weighted by molar-refractivity contribution is -0.138. The molecule has 0 aliphatic rings. The Bertz CT molecular complexity index is 513. The summed E-state index contributed by atoms with van der Waals surface area (Å²) in [6, 6.07) is 7.80. The van der Waals surface area contributed by atoms with Crippen LogP contribution in [0.5, 0.6) is 0 Å². The minimum atomic E-state index is -0.788. The van der Waals surface area contributed by atoms with Crippen LogP contribution >= 0.6 is 0 Å². The minimum Gasteiger partial charge on any atom is -0.481 e. The molecular formula is C12H13NO2. The fourth-order valence-corrected chi connectivity index (χ4v) is 1.69. The first kappa shape index (κ1) is 9.77. The minimum absolute atomic E-state index is 0.454. The Balaban J connectivity index is 2.54. The topological polar surface area (TPSA) is 42.2 Å². The molecule has 1 aromatic heterocycles. The van der Waals surface area contributed by atoms with Gasteiger partial charge in [0.05, 0.1) is 5.92 Å². The number of aryl methyl sites for hydroxylation is 1. The maximum atomic E-state index is 10.9. The molecule has 1 heterocycles. The Labute approximate surface area is 87.9 Å². The highest BCUT2D eigenvalue weighted by Gasteiger charge is 2.14. The van der Waals surface area contributed by atoms with Crippen molar-refractivity contribution in [3.8, 4) is 0 Å². The Morgan fingerprint density at radius 1 is 1.40 bits per heavy atom. The first-order chi connectivity index (χ1) is 7.09. The van der Waals surface area contributed by atoms with Crippen molar-refractivity contribution in [2.45, 2.75) is 12.8 Å². The first-order valence-corrected chi connectivity index (χ1v) is 4.87. The van der Waals surface area contributed by atoms with Gasteiger partial charge < -0.3 is 9.67 Å². The second-order valence-electron chi connectivity index (χ2n) is 3.80. The molecule has 1 unspecified atom stereocenters. The van der Waals surface area contributed by atoms with Crippen LogP contribution in [0.25, 0.3) is 10.9 Å². The summed E-state index contributed by atoms with van der Waals surface area (Å²) in [4.78, 5) is 10.9. The normalized spacial score (nSPS) is 12.9. The van der Waals surface area contributed by atoms with E-state index in [0.29, 0.717) is 0 Å². The van der Waals surface area contributed by atoms with Crippen molar-refractivity contribution in [3.05, 3.63) is 36.0 Å². The van der Waals surface area contributed by atoms with E-state index in [1.807, 2.05) is 42.1 Å². The number of hydrogen-bond donors (Lipinski definition) is 1. The third kappa shape index (κ3) is 1.61. The number of aliphatic carboxylic acids is 1. The van der Waals surface area contributed by atoms with Crippen LogP contribution in [0.15, 0.2) is 30.5 Å². The molecule has 3 nitrogen and oxygen atoms in total. The number of carboxylic acid groups (broad SMARTS) is 1. The molecule has 1 aromatic carbocycles. The predicted molar refractivity (Wildman–Crippen MR) is 59.0 cm³/mol. The molecule has 0 bridgehead atoms. The molecule has 1 N–H and O–H groups in total. The molecule has 2 aromatic rings. The maximum Gasteiger partial charge on any atom is 0.310 e. The summed E-state index contributed by atoms with van der Waals surface area (Å²) in [7, 11) is 1.96. The van der Waals surface area contributed by atoms with E-state index < -0.39 is 11.9 Å². The quantitative estimate of drug-likeness (QED) is 0.814. The van der Waals surface area contributed by atoms with Gasteiger partial charge in [-0.1, -0.05) is 12.1 Å². The molecule has 15 heavy (non-hydrogen) atoms. The maximum absolute atomic E-state index is 10.9. The first-order valence-electron chi connectivity index (χ1n) is 4.87. The third-order valence-electron chi connectivity index (χ3n) is 2.78. The van der Waals surface area contributed by atoms with Crippen LogP contribution in [0.2, 0.25) is 0 Å². The average Bonchev–Trinajstić information content (AvgIpc) is 2.59. The summed E-state index contributed by atoms with van der Waals surface area (Å²) in [6.45, 7) is 1.70. The summed E-state index contributed by atoms with van der Waals surface area (Å²) in [5.41, 5.74) is 1.91. The molecule has 0 saturated heterocycles. The fraction of sp³-hybridized carbons (Fsp3) is 0.250. The SMILES string of the molecule is CC(C(=O)O)c1ccc2ccn(C)c2c1. The summed E-state index contributed by atoms with van der Waals surface area (Å²) >= 11 is 0. The van der Waals surface area contributed by atoms with Gasteiger partial charge in [-0.25, -0.2) is 0 Å². The number of rotatable bonds is 2. The van der Waals surface area contributed by atoms with E-state index in [2.05, 4.69) is 0 Å². The van der Waals surface area contributed by atoms with Crippen LogP contribution in [0.4, 0.5) is 0 Å². The van der Waals surface area contributed by atoms with Gasteiger partial charge in [-0.2, -0.15) is 0 Å². The van der Waals surface area contributed by atoms with E-state index in [4.69, 9.17) is 5.11 Å². The van der Waals surface area contributed by atoms with Crippen molar-refractivity contribution in [2.24, 2.45) is 7.05 Å². The third-order valence-corrected chi connectivity index (χ3v) is 2.78. The number of benzene rings is 1. The summed E-state index contributed by atoms with van der Waals surface area (Å²) in [5.74, 6) is -1.24.